The molecule has 0 aromatic heterocycles. The van der Waals surface area contributed by atoms with Crippen molar-refractivity contribution in [3.8, 4) is 11.8 Å². The second-order valence-electron chi connectivity index (χ2n) is 14.1. The molecule has 4 fully saturated rings. The number of allylic oxidation sites excluding steroid dienone is 2. The number of hydrogen-bond acceptors (Lipinski definition) is 9. The molecule has 0 spiro atoms. The second kappa shape index (κ2) is 13.6. The maximum absolute atomic E-state index is 13.3. The van der Waals surface area contributed by atoms with Crippen LogP contribution in [-0.4, -0.2) is 80.8 Å². The molecule has 50 heavy (non-hydrogen) atoms. The van der Waals surface area contributed by atoms with Gasteiger partial charge in [0.1, 0.15) is 23.7 Å². The number of piperazine rings is 1. The molecule has 8 rings (SSSR count). The van der Waals surface area contributed by atoms with Gasteiger partial charge in [-0.1, -0.05) is 33.6 Å². The molecule has 3 atom stereocenters. The number of fused-ring (bicyclic) bond motifs is 3. The fraction of sp³-hybridized carbons (Fsp3) is 0.459. The van der Waals surface area contributed by atoms with E-state index in [2.05, 4.69) is 65.8 Å². The summed E-state index contributed by atoms with van der Waals surface area (Å²) in [6.45, 7) is 3.05. The fourth-order valence-corrected chi connectivity index (χ4v) is 9.30. The number of carbonyl (C=O) groups is 3. The highest BCUT2D eigenvalue weighted by Gasteiger charge is 2.43. The Bertz CT molecular complexity index is 1820. The van der Waals surface area contributed by atoms with E-state index < -0.39 is 6.04 Å². The molecule has 3 saturated heterocycles. The summed E-state index contributed by atoms with van der Waals surface area (Å²) in [6.07, 6.45) is 13.2. The molecule has 260 valence electrons. The van der Waals surface area contributed by atoms with E-state index in [9.17, 15) is 19.6 Å². The first kappa shape index (κ1) is 33.1. The molecular formula is C37H39BrClN7O4. The van der Waals surface area contributed by atoms with Gasteiger partial charge in [-0.15, -0.1) is 0 Å². The van der Waals surface area contributed by atoms with Crippen LogP contribution in [0.2, 0.25) is 5.02 Å². The molecule has 5 heterocycles. The van der Waals surface area contributed by atoms with Crippen LogP contribution in [0.25, 0.3) is 0 Å². The Kier molecular flexibility index (Phi) is 9.00. The summed E-state index contributed by atoms with van der Waals surface area (Å²) in [7, 11) is 0. The predicted octanol–water partition coefficient (Wildman–Crippen LogP) is 4.95. The Morgan fingerprint density at radius 3 is 2.46 bits per heavy atom. The zero-order valence-corrected chi connectivity index (χ0v) is 30.0. The molecule has 1 aliphatic carbocycles. The summed E-state index contributed by atoms with van der Waals surface area (Å²) in [6, 6.07) is 12.0. The summed E-state index contributed by atoms with van der Waals surface area (Å²) in [5.74, 6) is 1.11. The van der Waals surface area contributed by atoms with Gasteiger partial charge in [-0.2, -0.15) is 5.26 Å². The van der Waals surface area contributed by atoms with Gasteiger partial charge in [-0.3, -0.25) is 29.6 Å². The van der Waals surface area contributed by atoms with Gasteiger partial charge in [0, 0.05) is 67.0 Å². The van der Waals surface area contributed by atoms with Crippen LogP contribution in [0.1, 0.15) is 78.4 Å². The average molecular weight is 761 g/mol. The number of carbonyl (C=O) groups excluding carboxylic acids is 3. The van der Waals surface area contributed by atoms with Gasteiger partial charge in [-0.05, 0) is 86.4 Å². The number of benzene rings is 2. The number of hydrazine groups is 1. The van der Waals surface area contributed by atoms with Crippen molar-refractivity contribution in [3.63, 3.8) is 0 Å². The standard InChI is InChI=1S/C37H39BrClN7O4/c38-31-16-30-23(18-45(37(30)49)33-11-12-34(47)42-36(33)48)14-24(31)19-44-26-4-5-27(44)21-43(20-26)35-2-1-13-41-46(35)25-6-9-28(10-7-25)50-29-8-3-22(17-40)32(39)15-29/h1-3,8,13-16,25-28,33,41H,4-7,9-12,18-21H2,(H,42,47,48). The van der Waals surface area contributed by atoms with Crippen molar-refractivity contribution < 1.29 is 19.1 Å². The van der Waals surface area contributed by atoms with Gasteiger partial charge >= 0.3 is 0 Å². The zero-order chi connectivity index (χ0) is 34.5. The number of nitrogens with one attached hydrogen (secondary N) is 2. The van der Waals surface area contributed by atoms with E-state index in [1.807, 2.05) is 18.3 Å². The summed E-state index contributed by atoms with van der Waals surface area (Å²) in [5.41, 5.74) is 6.72. The molecule has 3 amide bonds. The zero-order valence-electron chi connectivity index (χ0n) is 27.6. The number of rotatable bonds is 7. The van der Waals surface area contributed by atoms with Crippen molar-refractivity contribution in [1.82, 2.24) is 30.5 Å². The molecule has 6 aliphatic rings. The molecular weight excluding hydrogens is 722 g/mol. The summed E-state index contributed by atoms with van der Waals surface area (Å²) in [5, 5.41) is 14.3. The lowest BCUT2D eigenvalue weighted by molar-refractivity contribution is -0.136. The maximum atomic E-state index is 13.3. The third kappa shape index (κ3) is 6.24. The van der Waals surface area contributed by atoms with E-state index in [0.717, 1.165) is 73.8 Å². The summed E-state index contributed by atoms with van der Waals surface area (Å²) in [4.78, 5) is 44.3. The largest absolute Gasteiger partial charge is 0.490 e. The van der Waals surface area contributed by atoms with Crippen molar-refractivity contribution in [2.45, 2.75) is 94.7 Å². The van der Waals surface area contributed by atoms with E-state index in [1.54, 1.807) is 17.0 Å². The van der Waals surface area contributed by atoms with Gasteiger partial charge < -0.3 is 20.0 Å². The molecule has 3 unspecified atom stereocenters. The number of hydrogen-bond donors (Lipinski definition) is 2. The third-order valence-electron chi connectivity index (χ3n) is 11.2. The normalized spacial score (nSPS) is 27.9. The van der Waals surface area contributed by atoms with Crippen LogP contribution in [0, 0.1) is 11.3 Å². The van der Waals surface area contributed by atoms with Crippen LogP contribution >= 0.6 is 27.5 Å². The highest BCUT2D eigenvalue weighted by atomic mass is 79.9. The van der Waals surface area contributed by atoms with Crippen molar-refractivity contribution in [3.05, 3.63) is 86.3 Å². The minimum atomic E-state index is -0.617. The van der Waals surface area contributed by atoms with E-state index in [4.69, 9.17) is 16.3 Å². The van der Waals surface area contributed by atoms with Crippen molar-refractivity contribution in [1.29, 1.82) is 5.26 Å². The molecule has 1 saturated carbocycles. The predicted molar refractivity (Wildman–Crippen MR) is 189 cm³/mol. The van der Waals surface area contributed by atoms with Gasteiger partial charge in [0.15, 0.2) is 0 Å². The molecule has 11 nitrogen and oxygen atoms in total. The van der Waals surface area contributed by atoms with Crippen LogP contribution in [-0.2, 0) is 22.7 Å². The number of piperidine rings is 1. The molecule has 13 heteroatoms. The Balaban J connectivity index is 0.897. The first-order valence-corrected chi connectivity index (χ1v) is 18.7. The van der Waals surface area contributed by atoms with Crippen LogP contribution in [0.4, 0.5) is 0 Å². The first-order chi connectivity index (χ1) is 24.2. The monoisotopic (exact) mass is 759 g/mol. The SMILES string of the molecule is N#Cc1ccc(OC2CCC(N3NC=CC=C3N3CC4CCC(C3)N4Cc3cc4c(cc3Br)C(=O)N(C3CCC(=O)NC3=O)C4)CC2)cc1Cl. The van der Waals surface area contributed by atoms with E-state index >= 15 is 0 Å². The number of imide groups is 1. The highest BCUT2D eigenvalue weighted by molar-refractivity contribution is 9.10. The lowest BCUT2D eigenvalue weighted by Crippen LogP contribution is -2.57. The molecule has 5 aliphatic heterocycles. The van der Waals surface area contributed by atoms with Gasteiger partial charge in [0.05, 0.1) is 22.7 Å². The number of nitrogens with zero attached hydrogens (tertiary/aromatic N) is 5. The highest BCUT2D eigenvalue weighted by Crippen LogP contribution is 2.38. The van der Waals surface area contributed by atoms with Crippen molar-refractivity contribution in [2.75, 3.05) is 13.1 Å². The van der Waals surface area contributed by atoms with Crippen LogP contribution in [0.15, 0.2) is 59.0 Å². The van der Waals surface area contributed by atoms with E-state index in [-0.39, 0.29) is 30.2 Å². The summed E-state index contributed by atoms with van der Waals surface area (Å²) < 4.78 is 7.17. The van der Waals surface area contributed by atoms with Gasteiger partial charge in [-0.25, -0.2) is 0 Å². The lowest BCUT2D eigenvalue weighted by Gasteiger charge is -2.48. The van der Waals surface area contributed by atoms with Crippen LogP contribution in [0.5, 0.6) is 5.75 Å². The van der Waals surface area contributed by atoms with E-state index in [0.29, 0.717) is 53.0 Å². The molecule has 2 aromatic rings. The quantitative estimate of drug-likeness (QED) is 0.378. The number of halogens is 2. The fourth-order valence-electron chi connectivity index (χ4n) is 8.62. The number of ether oxygens (including phenoxy) is 1. The van der Waals surface area contributed by atoms with Crippen LogP contribution in [0.3, 0.4) is 0 Å². The molecule has 2 bridgehead atoms. The summed E-state index contributed by atoms with van der Waals surface area (Å²) >= 11 is 10.0. The molecule has 2 N–H and O–H groups in total. The Morgan fingerprint density at radius 1 is 0.980 bits per heavy atom. The third-order valence-corrected chi connectivity index (χ3v) is 12.2. The topological polar surface area (TPSA) is 121 Å². The van der Waals surface area contributed by atoms with Crippen molar-refractivity contribution >= 4 is 45.3 Å². The number of amides is 3. The first-order valence-electron chi connectivity index (χ1n) is 17.5. The average Bonchev–Trinajstić information content (AvgIpc) is 3.53. The molecule has 0 radical (unpaired) electrons. The van der Waals surface area contributed by atoms with Gasteiger partial charge in [0.2, 0.25) is 11.8 Å². The Labute approximate surface area is 304 Å². The molecule has 2 aromatic carbocycles. The van der Waals surface area contributed by atoms with E-state index in [1.165, 1.54) is 5.82 Å². The minimum absolute atomic E-state index is 0.111. The number of likely N-dealkylation sites (tertiary alicyclic amines) is 1. The maximum Gasteiger partial charge on any atom is 0.255 e. The lowest BCUT2D eigenvalue weighted by atomic mass is 9.92. The Morgan fingerprint density at radius 2 is 1.74 bits per heavy atom. The van der Waals surface area contributed by atoms with Gasteiger partial charge in [0.25, 0.3) is 5.91 Å². The van der Waals surface area contributed by atoms with Crippen LogP contribution < -0.4 is 15.5 Å². The second-order valence-corrected chi connectivity index (χ2v) is 15.4. The smallest absolute Gasteiger partial charge is 0.255 e. The number of nitriles is 1. The minimum Gasteiger partial charge on any atom is -0.490 e. The van der Waals surface area contributed by atoms with Crippen molar-refractivity contribution in [2.24, 2.45) is 0 Å². The Hall–Kier alpha value is -4.05.